The number of carbonyl (C=O) groups excluding carboxylic acids is 2. The molecular weight excluding hydrogens is 560 g/mol. The van der Waals surface area contributed by atoms with Crippen LogP contribution in [-0.2, 0) is 16.0 Å². The summed E-state index contributed by atoms with van der Waals surface area (Å²) in [5.41, 5.74) is 3.09. The van der Waals surface area contributed by atoms with Crippen molar-refractivity contribution in [3.8, 4) is 11.5 Å². The van der Waals surface area contributed by atoms with Crippen LogP contribution in [0.15, 0.2) is 45.8 Å². The maximum atomic E-state index is 13.6. The molecular formula is C27H29BrN2O4S2. The normalized spacial score (nSPS) is 17.3. The molecule has 0 N–H and O–H groups in total. The number of hydrogen-bond acceptors (Lipinski definition) is 6. The fraction of sp³-hybridized carbons (Fsp3) is 0.370. The van der Waals surface area contributed by atoms with Crippen molar-refractivity contribution in [3.05, 3.63) is 56.9 Å². The van der Waals surface area contributed by atoms with Crippen molar-refractivity contribution in [2.24, 2.45) is 0 Å². The van der Waals surface area contributed by atoms with E-state index in [4.69, 9.17) is 21.7 Å². The van der Waals surface area contributed by atoms with Gasteiger partial charge in [-0.25, -0.2) is 0 Å². The van der Waals surface area contributed by atoms with Crippen LogP contribution in [0.25, 0.3) is 5.57 Å². The van der Waals surface area contributed by atoms with Crippen LogP contribution in [0.2, 0.25) is 0 Å². The van der Waals surface area contributed by atoms with Crippen LogP contribution >= 0.6 is 39.9 Å². The number of nitrogens with zero attached hydrogens (tertiary/aromatic N) is 2. The summed E-state index contributed by atoms with van der Waals surface area (Å²) in [5, 5.41) is 0. The van der Waals surface area contributed by atoms with Gasteiger partial charge in [-0.3, -0.25) is 14.5 Å². The summed E-state index contributed by atoms with van der Waals surface area (Å²) < 4.78 is 12.0. The standard InChI is InChI=1S/C27H29BrN2O4S2/c1-4-5-6-7-13-29-20-10-9-18(28)16-19(20)23(25(29)31)24-26(32)30(27(35)36-24)14-12-17-8-11-21(33-2)22(15-17)34-3/h8-11,15-16H,4-7,12-14H2,1-3H3/b24-23-. The van der Waals surface area contributed by atoms with Gasteiger partial charge in [0.15, 0.2) is 11.5 Å². The monoisotopic (exact) mass is 588 g/mol. The lowest BCUT2D eigenvalue weighted by atomic mass is 10.1. The molecule has 2 aliphatic heterocycles. The Kier molecular flexibility index (Phi) is 8.74. The first kappa shape index (κ1) is 26.7. The molecule has 4 rings (SSSR count). The van der Waals surface area contributed by atoms with Crippen molar-refractivity contribution in [2.75, 3.05) is 32.2 Å². The number of thiocarbonyl (C=S) groups is 1. The van der Waals surface area contributed by atoms with Gasteiger partial charge in [0.1, 0.15) is 4.32 Å². The fourth-order valence-electron chi connectivity index (χ4n) is 4.46. The molecule has 0 saturated carbocycles. The minimum Gasteiger partial charge on any atom is -0.493 e. The zero-order valence-electron chi connectivity index (χ0n) is 20.6. The zero-order chi connectivity index (χ0) is 25.8. The van der Waals surface area contributed by atoms with Crippen LogP contribution in [0.3, 0.4) is 0 Å². The Bertz CT molecular complexity index is 1230. The van der Waals surface area contributed by atoms with E-state index >= 15 is 0 Å². The van der Waals surface area contributed by atoms with Gasteiger partial charge in [0.05, 0.1) is 30.4 Å². The number of methoxy groups -OCH3 is 2. The largest absolute Gasteiger partial charge is 0.493 e. The lowest BCUT2D eigenvalue weighted by Gasteiger charge is -2.17. The van der Waals surface area contributed by atoms with Crippen molar-refractivity contribution in [1.29, 1.82) is 0 Å². The first-order chi connectivity index (χ1) is 17.4. The van der Waals surface area contributed by atoms with E-state index in [9.17, 15) is 9.59 Å². The second-order valence-electron chi connectivity index (χ2n) is 8.65. The second-order valence-corrected chi connectivity index (χ2v) is 11.2. The van der Waals surface area contributed by atoms with E-state index in [2.05, 4.69) is 22.9 Å². The zero-order valence-corrected chi connectivity index (χ0v) is 23.9. The number of fused-ring (bicyclic) bond motifs is 1. The number of thioether (sulfide) groups is 1. The molecule has 36 heavy (non-hydrogen) atoms. The van der Waals surface area contributed by atoms with E-state index in [0.717, 1.165) is 47.0 Å². The average molecular weight is 590 g/mol. The van der Waals surface area contributed by atoms with E-state index in [1.165, 1.54) is 11.8 Å². The Morgan fingerprint density at radius 2 is 1.69 bits per heavy atom. The Labute approximate surface area is 230 Å². The highest BCUT2D eigenvalue weighted by atomic mass is 79.9. The molecule has 0 atom stereocenters. The topological polar surface area (TPSA) is 59.1 Å². The maximum Gasteiger partial charge on any atom is 0.267 e. The first-order valence-electron chi connectivity index (χ1n) is 12.0. The number of anilines is 1. The molecule has 0 aromatic heterocycles. The fourth-order valence-corrected chi connectivity index (χ4v) is 6.20. The highest BCUT2D eigenvalue weighted by Gasteiger charge is 2.41. The number of amides is 2. The summed E-state index contributed by atoms with van der Waals surface area (Å²) in [7, 11) is 3.19. The molecule has 6 nitrogen and oxygen atoms in total. The SMILES string of the molecule is CCCCCCN1C(=O)/C(=C2\SC(=S)N(CCc3ccc(OC)c(OC)c3)C2=O)c2cc(Br)ccc21. The van der Waals surface area contributed by atoms with Crippen molar-refractivity contribution < 1.29 is 19.1 Å². The van der Waals surface area contributed by atoms with Gasteiger partial charge in [-0.2, -0.15) is 0 Å². The van der Waals surface area contributed by atoms with Gasteiger partial charge >= 0.3 is 0 Å². The molecule has 0 aliphatic carbocycles. The van der Waals surface area contributed by atoms with E-state index < -0.39 is 0 Å². The highest BCUT2D eigenvalue weighted by molar-refractivity contribution is 9.10. The second kappa shape index (κ2) is 11.8. The third-order valence-electron chi connectivity index (χ3n) is 6.36. The lowest BCUT2D eigenvalue weighted by molar-refractivity contribution is -0.122. The van der Waals surface area contributed by atoms with Gasteiger partial charge in [0, 0.05) is 23.1 Å². The maximum absolute atomic E-state index is 13.6. The summed E-state index contributed by atoms with van der Waals surface area (Å²) in [6, 6.07) is 11.5. The van der Waals surface area contributed by atoms with Crippen molar-refractivity contribution in [1.82, 2.24) is 4.90 Å². The Hall–Kier alpha value is -2.36. The molecule has 0 radical (unpaired) electrons. The van der Waals surface area contributed by atoms with Crippen LogP contribution in [0.4, 0.5) is 5.69 Å². The molecule has 1 fully saturated rings. The predicted molar refractivity (Wildman–Crippen MR) is 153 cm³/mol. The molecule has 190 valence electrons. The van der Waals surface area contributed by atoms with Gasteiger partial charge in [-0.1, -0.05) is 72.2 Å². The van der Waals surface area contributed by atoms with Crippen LogP contribution in [0.1, 0.15) is 43.7 Å². The summed E-state index contributed by atoms with van der Waals surface area (Å²) in [4.78, 5) is 30.9. The molecule has 0 spiro atoms. The summed E-state index contributed by atoms with van der Waals surface area (Å²) >= 11 is 10.3. The van der Waals surface area contributed by atoms with Gasteiger partial charge in [-0.05, 0) is 48.7 Å². The Balaban J connectivity index is 1.58. The van der Waals surface area contributed by atoms with Gasteiger partial charge in [0.2, 0.25) is 0 Å². The molecule has 2 aromatic rings. The number of rotatable bonds is 10. The number of benzene rings is 2. The van der Waals surface area contributed by atoms with Crippen molar-refractivity contribution >= 4 is 67.3 Å². The van der Waals surface area contributed by atoms with E-state index in [1.807, 2.05) is 41.3 Å². The number of unbranched alkanes of at least 4 members (excludes halogenated alkanes) is 3. The highest BCUT2D eigenvalue weighted by Crippen LogP contribution is 2.45. The predicted octanol–water partition coefficient (Wildman–Crippen LogP) is 6.21. The average Bonchev–Trinajstić information content (AvgIpc) is 3.30. The number of halogens is 1. The smallest absolute Gasteiger partial charge is 0.267 e. The molecule has 2 aliphatic rings. The molecule has 2 amide bonds. The lowest BCUT2D eigenvalue weighted by Crippen LogP contribution is -2.31. The first-order valence-corrected chi connectivity index (χ1v) is 14.0. The van der Waals surface area contributed by atoms with Gasteiger partial charge < -0.3 is 14.4 Å². The minimum absolute atomic E-state index is 0.125. The Morgan fingerprint density at radius 1 is 0.917 bits per heavy atom. The van der Waals surface area contributed by atoms with Crippen LogP contribution in [0, 0.1) is 0 Å². The molecule has 9 heteroatoms. The molecule has 0 bridgehead atoms. The minimum atomic E-state index is -0.215. The van der Waals surface area contributed by atoms with E-state index in [-0.39, 0.29) is 11.8 Å². The van der Waals surface area contributed by atoms with E-state index in [1.54, 1.807) is 19.1 Å². The van der Waals surface area contributed by atoms with Crippen LogP contribution in [-0.4, -0.2) is 48.3 Å². The molecule has 2 heterocycles. The van der Waals surface area contributed by atoms with Crippen molar-refractivity contribution in [3.63, 3.8) is 0 Å². The molecule has 2 aromatic carbocycles. The summed E-state index contributed by atoms with van der Waals surface area (Å²) in [5.74, 6) is 0.952. The van der Waals surface area contributed by atoms with Crippen LogP contribution < -0.4 is 14.4 Å². The quantitative estimate of drug-likeness (QED) is 0.187. The van der Waals surface area contributed by atoms with Crippen molar-refractivity contribution in [2.45, 2.75) is 39.0 Å². The Morgan fingerprint density at radius 3 is 2.42 bits per heavy atom. The summed E-state index contributed by atoms with van der Waals surface area (Å²) in [6.07, 6.45) is 4.86. The summed E-state index contributed by atoms with van der Waals surface area (Å²) in [6.45, 7) is 3.22. The third kappa shape index (κ3) is 5.33. The number of ether oxygens (including phenoxy) is 2. The van der Waals surface area contributed by atoms with Gasteiger partial charge in [0.25, 0.3) is 11.8 Å². The van der Waals surface area contributed by atoms with Crippen LogP contribution in [0.5, 0.6) is 11.5 Å². The molecule has 0 unspecified atom stereocenters. The van der Waals surface area contributed by atoms with Gasteiger partial charge in [-0.15, -0.1) is 0 Å². The number of carbonyl (C=O) groups is 2. The van der Waals surface area contributed by atoms with E-state index in [0.29, 0.717) is 45.8 Å². The number of hydrogen-bond donors (Lipinski definition) is 0. The third-order valence-corrected chi connectivity index (χ3v) is 8.30. The molecule has 1 saturated heterocycles.